The van der Waals surface area contributed by atoms with E-state index in [-0.39, 0.29) is 36.1 Å². The van der Waals surface area contributed by atoms with Crippen LogP contribution in [0.3, 0.4) is 0 Å². The number of alkyl halides is 1. The first-order valence-corrected chi connectivity index (χ1v) is 15.5. The lowest BCUT2D eigenvalue weighted by Crippen LogP contribution is -2.49. The average molecular weight is 606 g/mol. The van der Waals surface area contributed by atoms with Gasteiger partial charge in [-0.2, -0.15) is 0 Å². The van der Waals surface area contributed by atoms with Crippen LogP contribution in [0.2, 0.25) is 0 Å². The molecule has 2 aliphatic rings. The van der Waals surface area contributed by atoms with Crippen molar-refractivity contribution in [2.45, 2.75) is 52.6 Å². The van der Waals surface area contributed by atoms with Gasteiger partial charge in [0, 0.05) is 36.7 Å². The van der Waals surface area contributed by atoms with Gasteiger partial charge in [-0.15, -0.1) is 0 Å². The molecule has 2 aliphatic heterocycles. The molecule has 1 saturated heterocycles. The van der Waals surface area contributed by atoms with E-state index in [0.29, 0.717) is 12.4 Å². The third-order valence-corrected chi connectivity index (χ3v) is 8.17. The lowest BCUT2D eigenvalue weighted by Gasteiger charge is -2.37. The number of carboxylic acid groups (broad SMARTS) is 1. The van der Waals surface area contributed by atoms with E-state index in [1.807, 2.05) is 57.2 Å². The molecule has 1 fully saturated rings. The van der Waals surface area contributed by atoms with Gasteiger partial charge < -0.3 is 24.8 Å². The average Bonchev–Trinajstić information content (AvgIpc) is 2.99. The number of likely N-dealkylation sites (tertiary alicyclic amines) is 1. The predicted octanol–water partition coefficient (Wildman–Crippen LogP) is 7.73. The number of carbonyl (C=O) groups is 1. The first-order chi connectivity index (χ1) is 21.2. The molecule has 236 valence electrons. The van der Waals surface area contributed by atoms with Crippen LogP contribution in [0.4, 0.5) is 4.39 Å². The van der Waals surface area contributed by atoms with Gasteiger partial charge in [0.05, 0.1) is 12.6 Å². The Hall–Kier alpha value is -4.04. The highest BCUT2D eigenvalue weighted by Crippen LogP contribution is 2.47. The third-order valence-electron chi connectivity index (χ3n) is 8.17. The van der Waals surface area contributed by atoms with Gasteiger partial charge >= 0.3 is 5.97 Å². The Labute approximate surface area is 259 Å². The third kappa shape index (κ3) is 8.32. The minimum absolute atomic E-state index is 0.102. The number of nitrogens with zero attached hydrogens (tertiary/aromatic N) is 1. The van der Waals surface area contributed by atoms with Crippen LogP contribution >= 0.6 is 0 Å². The van der Waals surface area contributed by atoms with Crippen LogP contribution < -0.4 is 9.47 Å². The van der Waals surface area contributed by atoms with E-state index >= 15 is 0 Å². The lowest BCUT2D eigenvalue weighted by molar-refractivity contribution is -0.142. The summed E-state index contributed by atoms with van der Waals surface area (Å²) in [6, 6.07) is 20.1. The summed E-state index contributed by atoms with van der Waals surface area (Å²) in [6.45, 7) is 8.76. The van der Waals surface area contributed by atoms with Crippen molar-refractivity contribution in [2.75, 3.05) is 32.9 Å². The summed E-state index contributed by atoms with van der Waals surface area (Å²) in [5.74, 6) is 1.27. The van der Waals surface area contributed by atoms with Crippen LogP contribution in [0.5, 0.6) is 23.0 Å². The molecule has 2 heterocycles. The number of hydrogen-bond acceptors (Lipinski definition) is 6. The molecule has 0 radical (unpaired) electrons. The second-order valence-electron chi connectivity index (χ2n) is 11.6. The Morgan fingerprint density at radius 2 is 1.68 bits per heavy atom. The standard InChI is InChI=1S/C28H28FNO4.C8H16O2/c1-18-25-14-23(32)7-10-26(25)34-28(27(18)21-3-2-4-22(31)13-21)20-5-8-24(9-6-20)33-12-11-30-16-19(15-29)17-30;1-3-5-7(6-4-2)8(9)10/h2-10,13-14,19,28,31-32H,11-12,15-17H2,1H3;7H,3-6H2,1-2H3,(H,9,10)/t28-;/m0./s1. The number of aromatic hydroxyl groups is 2. The highest BCUT2D eigenvalue weighted by Gasteiger charge is 2.30. The molecule has 0 aliphatic carbocycles. The maximum atomic E-state index is 12.6. The van der Waals surface area contributed by atoms with E-state index in [1.165, 1.54) is 0 Å². The van der Waals surface area contributed by atoms with E-state index in [0.717, 1.165) is 78.9 Å². The number of ether oxygens (including phenoxy) is 2. The van der Waals surface area contributed by atoms with Crippen molar-refractivity contribution in [1.82, 2.24) is 4.90 Å². The molecule has 1 atom stereocenters. The largest absolute Gasteiger partial charge is 0.508 e. The molecular weight excluding hydrogens is 561 g/mol. The monoisotopic (exact) mass is 605 g/mol. The smallest absolute Gasteiger partial charge is 0.306 e. The second-order valence-corrected chi connectivity index (χ2v) is 11.6. The van der Waals surface area contributed by atoms with Crippen molar-refractivity contribution in [1.29, 1.82) is 0 Å². The zero-order chi connectivity index (χ0) is 31.6. The molecule has 7 nitrogen and oxygen atoms in total. The minimum Gasteiger partial charge on any atom is -0.508 e. The number of hydrogen-bond donors (Lipinski definition) is 3. The van der Waals surface area contributed by atoms with Gasteiger partial charge in [-0.05, 0) is 78.9 Å². The summed E-state index contributed by atoms with van der Waals surface area (Å²) in [4.78, 5) is 12.7. The maximum absolute atomic E-state index is 12.6. The number of phenols is 2. The van der Waals surface area contributed by atoms with Gasteiger partial charge in [0.1, 0.15) is 35.7 Å². The Balaban J connectivity index is 0.000000382. The number of halogens is 1. The minimum atomic E-state index is -0.635. The summed E-state index contributed by atoms with van der Waals surface area (Å²) in [5.41, 5.74) is 4.56. The van der Waals surface area contributed by atoms with E-state index in [4.69, 9.17) is 14.6 Å². The second kappa shape index (κ2) is 15.6. The molecule has 3 N–H and O–H groups in total. The highest BCUT2D eigenvalue weighted by atomic mass is 19.1. The van der Waals surface area contributed by atoms with Gasteiger partial charge in [-0.3, -0.25) is 14.1 Å². The molecule has 3 aromatic carbocycles. The molecule has 0 bridgehead atoms. The number of aliphatic carboxylic acids is 1. The zero-order valence-corrected chi connectivity index (χ0v) is 25.8. The summed E-state index contributed by atoms with van der Waals surface area (Å²) in [7, 11) is 0. The van der Waals surface area contributed by atoms with Gasteiger partial charge in [-0.1, -0.05) is 51.0 Å². The Bertz CT molecular complexity index is 1410. The Morgan fingerprint density at radius 3 is 2.30 bits per heavy atom. The SMILES string of the molecule is CC1=C(c2cccc(O)c2)[C@H](c2ccc(OCCN3CC(CF)C3)cc2)Oc2ccc(O)cc21.CCCC(CCC)C(=O)O. The van der Waals surface area contributed by atoms with Crippen molar-refractivity contribution in [3.05, 3.63) is 83.4 Å². The summed E-state index contributed by atoms with van der Waals surface area (Å²) in [5, 5.41) is 28.7. The summed E-state index contributed by atoms with van der Waals surface area (Å²) in [6.07, 6.45) is 3.20. The van der Waals surface area contributed by atoms with Gasteiger partial charge in [0.2, 0.25) is 0 Å². The van der Waals surface area contributed by atoms with Crippen molar-refractivity contribution in [3.8, 4) is 23.0 Å². The molecule has 3 aromatic rings. The molecule has 0 saturated carbocycles. The van der Waals surface area contributed by atoms with Crippen LogP contribution in [-0.2, 0) is 4.79 Å². The summed E-state index contributed by atoms with van der Waals surface area (Å²) < 4.78 is 24.9. The first-order valence-electron chi connectivity index (χ1n) is 15.5. The fraction of sp³-hybridized carbons (Fsp3) is 0.417. The fourth-order valence-corrected chi connectivity index (χ4v) is 5.79. The zero-order valence-electron chi connectivity index (χ0n) is 25.8. The number of fused-ring (bicyclic) bond motifs is 1. The van der Waals surface area contributed by atoms with E-state index in [1.54, 1.807) is 30.3 Å². The molecule has 0 aromatic heterocycles. The number of phenolic OH excluding ortho intramolecular Hbond substituents is 2. The maximum Gasteiger partial charge on any atom is 0.306 e. The molecule has 5 rings (SSSR count). The summed E-state index contributed by atoms with van der Waals surface area (Å²) >= 11 is 0. The molecular formula is C36H44FNO6. The van der Waals surface area contributed by atoms with Gasteiger partial charge in [0.25, 0.3) is 0 Å². The topological polar surface area (TPSA) is 99.5 Å². The molecule has 8 heteroatoms. The van der Waals surface area contributed by atoms with Crippen molar-refractivity contribution in [3.63, 3.8) is 0 Å². The van der Waals surface area contributed by atoms with Gasteiger partial charge in [-0.25, -0.2) is 0 Å². The van der Waals surface area contributed by atoms with Crippen molar-refractivity contribution < 1.29 is 34.0 Å². The van der Waals surface area contributed by atoms with Crippen molar-refractivity contribution in [2.24, 2.45) is 11.8 Å². The molecule has 0 spiro atoms. The van der Waals surface area contributed by atoms with E-state index < -0.39 is 5.97 Å². The Kier molecular flexibility index (Phi) is 11.7. The highest BCUT2D eigenvalue weighted by molar-refractivity contribution is 5.95. The molecule has 0 unspecified atom stereocenters. The quantitative estimate of drug-likeness (QED) is 0.194. The van der Waals surface area contributed by atoms with Crippen LogP contribution in [0.15, 0.2) is 66.7 Å². The van der Waals surface area contributed by atoms with Crippen molar-refractivity contribution >= 4 is 17.1 Å². The normalized spacial score (nSPS) is 16.4. The van der Waals surface area contributed by atoms with E-state index in [2.05, 4.69) is 4.90 Å². The lowest BCUT2D eigenvalue weighted by atomic mass is 9.86. The van der Waals surface area contributed by atoms with Crippen LogP contribution in [-0.4, -0.2) is 59.1 Å². The van der Waals surface area contributed by atoms with Gasteiger partial charge in [0.15, 0.2) is 0 Å². The van der Waals surface area contributed by atoms with Crippen LogP contribution in [0.25, 0.3) is 11.1 Å². The van der Waals surface area contributed by atoms with E-state index in [9.17, 15) is 19.4 Å². The first kappa shape index (κ1) is 32.9. The van der Waals surface area contributed by atoms with Crippen LogP contribution in [0.1, 0.15) is 69.2 Å². The Morgan fingerprint density at radius 1 is 1.00 bits per heavy atom. The number of carboxylic acids is 1. The molecule has 44 heavy (non-hydrogen) atoms. The van der Waals surface area contributed by atoms with Crippen LogP contribution in [0, 0.1) is 11.8 Å². The number of allylic oxidation sites excluding steroid dienone is 1. The number of rotatable bonds is 12. The molecule has 0 amide bonds. The predicted molar refractivity (Wildman–Crippen MR) is 171 cm³/mol. The number of benzene rings is 3. The fourth-order valence-electron chi connectivity index (χ4n) is 5.79.